The molecule has 0 fully saturated rings. The number of alkyl halides is 2. The SMILES string of the molecule is CCCc1ccc(C(C)NCC(F)F)cc1. The number of rotatable bonds is 6. The van der Waals surface area contributed by atoms with Gasteiger partial charge in [0.1, 0.15) is 0 Å². The van der Waals surface area contributed by atoms with Crippen LogP contribution in [0.5, 0.6) is 0 Å². The van der Waals surface area contributed by atoms with Crippen LogP contribution in [0.25, 0.3) is 0 Å². The van der Waals surface area contributed by atoms with E-state index >= 15 is 0 Å². The van der Waals surface area contributed by atoms with Crippen LogP contribution in [0.15, 0.2) is 24.3 Å². The fourth-order valence-electron chi connectivity index (χ4n) is 1.65. The average Bonchev–Trinajstić information content (AvgIpc) is 2.27. The molecule has 1 aromatic rings. The minimum atomic E-state index is -2.29. The van der Waals surface area contributed by atoms with E-state index in [4.69, 9.17) is 0 Å². The monoisotopic (exact) mass is 227 g/mol. The van der Waals surface area contributed by atoms with Gasteiger partial charge < -0.3 is 5.32 Å². The van der Waals surface area contributed by atoms with Gasteiger partial charge in [-0.1, -0.05) is 37.6 Å². The summed E-state index contributed by atoms with van der Waals surface area (Å²) < 4.78 is 24.0. The quantitative estimate of drug-likeness (QED) is 0.783. The van der Waals surface area contributed by atoms with Crippen LogP contribution in [0.2, 0.25) is 0 Å². The molecule has 3 heteroatoms. The summed E-state index contributed by atoms with van der Waals surface area (Å²) >= 11 is 0. The maximum Gasteiger partial charge on any atom is 0.250 e. The van der Waals surface area contributed by atoms with Gasteiger partial charge in [-0.15, -0.1) is 0 Å². The highest BCUT2D eigenvalue weighted by Gasteiger charge is 2.08. The molecule has 0 saturated carbocycles. The van der Waals surface area contributed by atoms with Crippen LogP contribution in [-0.2, 0) is 6.42 Å². The van der Waals surface area contributed by atoms with Crippen LogP contribution in [0.4, 0.5) is 8.78 Å². The van der Waals surface area contributed by atoms with Gasteiger partial charge >= 0.3 is 0 Å². The van der Waals surface area contributed by atoms with E-state index in [1.807, 2.05) is 19.1 Å². The number of aryl methyl sites for hydroxylation is 1. The topological polar surface area (TPSA) is 12.0 Å². The summed E-state index contributed by atoms with van der Waals surface area (Å²) in [5.41, 5.74) is 2.35. The summed E-state index contributed by atoms with van der Waals surface area (Å²) in [6.45, 7) is 3.79. The Kier molecular flexibility index (Phi) is 5.39. The second-order valence-electron chi connectivity index (χ2n) is 4.01. The van der Waals surface area contributed by atoms with E-state index in [2.05, 4.69) is 24.4 Å². The average molecular weight is 227 g/mol. The zero-order valence-corrected chi connectivity index (χ0v) is 9.84. The molecule has 0 aliphatic rings. The largest absolute Gasteiger partial charge is 0.305 e. The van der Waals surface area contributed by atoms with E-state index in [-0.39, 0.29) is 12.6 Å². The predicted octanol–water partition coefficient (Wildman–Crippen LogP) is 3.55. The molecule has 1 atom stereocenters. The van der Waals surface area contributed by atoms with Crippen molar-refractivity contribution in [3.05, 3.63) is 35.4 Å². The van der Waals surface area contributed by atoms with E-state index in [1.54, 1.807) is 0 Å². The van der Waals surface area contributed by atoms with Crippen LogP contribution >= 0.6 is 0 Å². The lowest BCUT2D eigenvalue weighted by molar-refractivity contribution is 0.142. The molecule has 0 bridgehead atoms. The van der Waals surface area contributed by atoms with Crippen molar-refractivity contribution in [2.24, 2.45) is 0 Å². The molecular formula is C13H19F2N. The summed E-state index contributed by atoms with van der Waals surface area (Å²) in [6, 6.07) is 8.13. The standard InChI is InChI=1S/C13H19F2N/c1-3-4-11-5-7-12(8-6-11)10(2)16-9-13(14)15/h5-8,10,13,16H,3-4,9H2,1-2H3. The van der Waals surface area contributed by atoms with E-state index in [0.717, 1.165) is 18.4 Å². The highest BCUT2D eigenvalue weighted by Crippen LogP contribution is 2.14. The first-order valence-corrected chi connectivity index (χ1v) is 5.73. The molecule has 0 aliphatic carbocycles. The molecule has 1 unspecified atom stereocenters. The Labute approximate surface area is 95.9 Å². The Morgan fingerprint density at radius 3 is 2.31 bits per heavy atom. The summed E-state index contributed by atoms with van der Waals surface area (Å²) in [4.78, 5) is 0. The Balaban J connectivity index is 2.52. The first-order chi connectivity index (χ1) is 7.63. The van der Waals surface area contributed by atoms with Gasteiger partial charge in [-0.2, -0.15) is 0 Å². The van der Waals surface area contributed by atoms with E-state index in [0.29, 0.717) is 0 Å². The molecule has 90 valence electrons. The van der Waals surface area contributed by atoms with Gasteiger partial charge in [0.15, 0.2) is 0 Å². The van der Waals surface area contributed by atoms with Crippen molar-refractivity contribution in [2.75, 3.05) is 6.54 Å². The van der Waals surface area contributed by atoms with Crippen LogP contribution in [0.1, 0.15) is 37.4 Å². The second kappa shape index (κ2) is 6.59. The first kappa shape index (κ1) is 13.1. The molecule has 0 saturated heterocycles. The van der Waals surface area contributed by atoms with E-state index in [1.165, 1.54) is 5.56 Å². The van der Waals surface area contributed by atoms with Crippen molar-refractivity contribution in [3.8, 4) is 0 Å². The third kappa shape index (κ3) is 4.27. The molecule has 1 rings (SSSR count). The number of benzene rings is 1. The predicted molar refractivity (Wildman–Crippen MR) is 62.9 cm³/mol. The van der Waals surface area contributed by atoms with Crippen LogP contribution in [-0.4, -0.2) is 13.0 Å². The Morgan fingerprint density at radius 1 is 1.19 bits per heavy atom. The van der Waals surface area contributed by atoms with Crippen molar-refractivity contribution in [1.82, 2.24) is 5.32 Å². The summed E-state index contributed by atoms with van der Waals surface area (Å²) in [7, 11) is 0. The molecule has 1 aromatic carbocycles. The fourth-order valence-corrected chi connectivity index (χ4v) is 1.65. The maximum atomic E-state index is 12.0. The van der Waals surface area contributed by atoms with Crippen molar-refractivity contribution < 1.29 is 8.78 Å². The molecule has 0 radical (unpaired) electrons. The zero-order valence-electron chi connectivity index (χ0n) is 9.84. The lowest BCUT2D eigenvalue weighted by Crippen LogP contribution is -2.24. The van der Waals surface area contributed by atoms with Gasteiger partial charge in [0.2, 0.25) is 0 Å². The van der Waals surface area contributed by atoms with Crippen LogP contribution in [0, 0.1) is 0 Å². The smallest absolute Gasteiger partial charge is 0.250 e. The van der Waals surface area contributed by atoms with Gasteiger partial charge in [-0.3, -0.25) is 0 Å². The Hall–Kier alpha value is -0.960. The molecular weight excluding hydrogens is 208 g/mol. The van der Waals surface area contributed by atoms with E-state index in [9.17, 15) is 8.78 Å². The van der Waals surface area contributed by atoms with Crippen LogP contribution in [0.3, 0.4) is 0 Å². The lowest BCUT2D eigenvalue weighted by atomic mass is 10.0. The van der Waals surface area contributed by atoms with Gasteiger partial charge in [-0.25, -0.2) is 8.78 Å². The van der Waals surface area contributed by atoms with E-state index < -0.39 is 6.43 Å². The summed E-state index contributed by atoms with van der Waals surface area (Å²) in [5.74, 6) is 0. The summed E-state index contributed by atoms with van der Waals surface area (Å²) in [5, 5.41) is 2.80. The fraction of sp³-hybridized carbons (Fsp3) is 0.538. The number of nitrogens with one attached hydrogen (secondary N) is 1. The number of halogens is 2. The minimum absolute atomic E-state index is 0.0234. The summed E-state index contributed by atoms with van der Waals surface area (Å²) in [6.07, 6.45) is -0.0979. The first-order valence-electron chi connectivity index (χ1n) is 5.73. The normalized spacial score (nSPS) is 13.1. The molecule has 0 spiro atoms. The van der Waals surface area contributed by atoms with Gasteiger partial charge in [0, 0.05) is 6.04 Å². The van der Waals surface area contributed by atoms with Crippen molar-refractivity contribution in [1.29, 1.82) is 0 Å². The zero-order chi connectivity index (χ0) is 12.0. The molecule has 0 heterocycles. The number of hydrogen-bond donors (Lipinski definition) is 1. The number of hydrogen-bond acceptors (Lipinski definition) is 1. The second-order valence-corrected chi connectivity index (χ2v) is 4.01. The van der Waals surface area contributed by atoms with Gasteiger partial charge in [0.05, 0.1) is 6.54 Å². The van der Waals surface area contributed by atoms with Gasteiger partial charge in [0.25, 0.3) is 6.43 Å². The molecule has 1 nitrogen and oxygen atoms in total. The van der Waals surface area contributed by atoms with Crippen molar-refractivity contribution >= 4 is 0 Å². The van der Waals surface area contributed by atoms with Crippen LogP contribution < -0.4 is 5.32 Å². The van der Waals surface area contributed by atoms with Crippen molar-refractivity contribution in [3.63, 3.8) is 0 Å². The minimum Gasteiger partial charge on any atom is -0.305 e. The highest BCUT2D eigenvalue weighted by molar-refractivity contribution is 5.24. The maximum absolute atomic E-state index is 12.0. The molecule has 0 aliphatic heterocycles. The molecule has 1 N–H and O–H groups in total. The Bertz CT molecular complexity index is 295. The molecule has 16 heavy (non-hydrogen) atoms. The third-order valence-corrected chi connectivity index (χ3v) is 2.60. The molecule has 0 amide bonds. The Morgan fingerprint density at radius 2 is 1.81 bits per heavy atom. The molecule has 0 aromatic heterocycles. The lowest BCUT2D eigenvalue weighted by Gasteiger charge is -2.14. The van der Waals surface area contributed by atoms with Crippen molar-refractivity contribution in [2.45, 2.75) is 39.2 Å². The third-order valence-electron chi connectivity index (χ3n) is 2.60. The van der Waals surface area contributed by atoms with Gasteiger partial charge in [-0.05, 0) is 24.5 Å². The highest BCUT2D eigenvalue weighted by atomic mass is 19.3.